The van der Waals surface area contributed by atoms with Gasteiger partial charge >= 0.3 is 0 Å². The first-order valence-corrected chi connectivity index (χ1v) is 11.4. The number of carbonyl (C=O) groups excluding carboxylic acids is 1. The molecule has 0 radical (unpaired) electrons. The average molecular weight is 434 g/mol. The Morgan fingerprint density at radius 2 is 1.67 bits per heavy atom. The van der Waals surface area contributed by atoms with E-state index in [1.807, 2.05) is 11.9 Å². The molecule has 2 aromatic rings. The van der Waals surface area contributed by atoms with E-state index in [0.717, 1.165) is 44.2 Å². The van der Waals surface area contributed by atoms with Crippen molar-refractivity contribution >= 4 is 17.2 Å². The summed E-state index contributed by atoms with van der Waals surface area (Å²) in [6, 6.07) is 6.27. The Morgan fingerprint density at radius 3 is 2.27 bits per heavy atom. The summed E-state index contributed by atoms with van der Waals surface area (Å²) in [6.07, 6.45) is 0. The average Bonchev–Trinajstić information content (AvgIpc) is 3.14. The lowest BCUT2D eigenvalue weighted by molar-refractivity contribution is -1.02. The van der Waals surface area contributed by atoms with Crippen molar-refractivity contribution in [3.63, 3.8) is 0 Å². The van der Waals surface area contributed by atoms with Crippen LogP contribution in [0, 0.1) is 13.8 Å². The maximum absolute atomic E-state index is 12.7. The minimum atomic E-state index is 0.233. The molecule has 0 aliphatic carbocycles. The zero-order valence-corrected chi connectivity index (χ0v) is 19.7. The molecule has 164 valence electrons. The second kappa shape index (κ2) is 10.3. The molecule has 1 aromatic heterocycles. The smallest absolute Gasteiger partial charge is 0.277 e. The number of nitrogens with one attached hydrogen (secondary N) is 2. The van der Waals surface area contributed by atoms with Crippen LogP contribution in [0.2, 0.25) is 0 Å². The monoisotopic (exact) mass is 433 g/mol. The number of benzene rings is 1. The van der Waals surface area contributed by atoms with E-state index in [1.54, 1.807) is 30.5 Å². The van der Waals surface area contributed by atoms with Crippen LogP contribution in [0.3, 0.4) is 0 Å². The first-order chi connectivity index (χ1) is 14.4. The van der Waals surface area contributed by atoms with E-state index in [-0.39, 0.29) is 5.91 Å². The van der Waals surface area contributed by atoms with Gasteiger partial charge in [-0.15, -0.1) is 11.3 Å². The Kier molecular flexibility index (Phi) is 7.75. The van der Waals surface area contributed by atoms with Gasteiger partial charge in [0.1, 0.15) is 32.7 Å². The molecule has 0 spiro atoms. The predicted molar refractivity (Wildman–Crippen MR) is 120 cm³/mol. The second-order valence-corrected chi connectivity index (χ2v) is 9.26. The summed E-state index contributed by atoms with van der Waals surface area (Å²) in [5.74, 6) is 1.80. The van der Waals surface area contributed by atoms with Gasteiger partial charge in [0.25, 0.3) is 5.91 Å². The first-order valence-electron chi connectivity index (χ1n) is 10.6. The molecule has 0 unspecified atom stereocenters. The van der Waals surface area contributed by atoms with E-state index < -0.39 is 0 Å². The molecular weight excluding hydrogens is 398 g/mol. The molecule has 1 amide bonds. The molecule has 1 saturated heterocycles. The van der Waals surface area contributed by atoms with Crippen molar-refractivity contribution in [2.45, 2.75) is 26.9 Å². The Bertz CT molecular complexity index is 859. The number of methoxy groups -OCH3 is 2. The highest BCUT2D eigenvalue weighted by atomic mass is 32.1. The number of carbonyl (C=O) groups is 1. The number of hydrogen-bond acceptors (Lipinski definition) is 4. The van der Waals surface area contributed by atoms with E-state index in [9.17, 15) is 4.79 Å². The van der Waals surface area contributed by atoms with Gasteiger partial charge in [-0.1, -0.05) is 0 Å². The molecule has 7 heteroatoms. The summed E-state index contributed by atoms with van der Waals surface area (Å²) in [7, 11) is 5.27. The highest BCUT2D eigenvalue weighted by Gasteiger charge is 2.27. The van der Waals surface area contributed by atoms with Crippen LogP contribution in [0.15, 0.2) is 23.6 Å². The third kappa shape index (κ3) is 5.53. The lowest BCUT2D eigenvalue weighted by Gasteiger charge is -2.30. The largest absolute Gasteiger partial charge is 0.493 e. The normalized spacial score (nSPS) is 18.8. The van der Waals surface area contributed by atoms with Gasteiger partial charge in [-0.3, -0.25) is 4.79 Å². The number of nitrogens with zero attached hydrogens (tertiary/aromatic N) is 1. The molecule has 30 heavy (non-hydrogen) atoms. The third-order valence-corrected chi connectivity index (χ3v) is 7.13. The number of aryl methyl sites for hydroxylation is 2. The highest BCUT2D eigenvalue weighted by molar-refractivity contribution is 7.10. The van der Waals surface area contributed by atoms with Gasteiger partial charge in [-0.2, -0.15) is 0 Å². The van der Waals surface area contributed by atoms with Crippen molar-refractivity contribution in [1.82, 2.24) is 4.90 Å². The molecular formula is C23H35N3O3S+2. The summed E-state index contributed by atoms with van der Waals surface area (Å²) in [5, 5.41) is 2.09. The van der Waals surface area contributed by atoms with E-state index >= 15 is 0 Å². The van der Waals surface area contributed by atoms with Crippen LogP contribution in [-0.2, 0) is 17.9 Å². The number of amides is 1. The van der Waals surface area contributed by atoms with E-state index in [1.165, 1.54) is 26.5 Å². The van der Waals surface area contributed by atoms with Crippen LogP contribution in [0.5, 0.6) is 11.5 Å². The zero-order chi connectivity index (χ0) is 21.7. The van der Waals surface area contributed by atoms with Crippen LogP contribution in [0.1, 0.15) is 21.6 Å². The third-order valence-electron chi connectivity index (χ3n) is 6.12. The van der Waals surface area contributed by atoms with Crippen LogP contribution < -0.4 is 19.3 Å². The number of hydrogen-bond donors (Lipinski definition) is 2. The Labute approximate surface area is 184 Å². The fraction of sp³-hybridized carbons (Fsp3) is 0.522. The Balaban J connectivity index is 1.49. The van der Waals surface area contributed by atoms with Gasteiger partial charge in [0.15, 0.2) is 18.0 Å². The van der Waals surface area contributed by atoms with Crippen LogP contribution in [0.4, 0.5) is 0 Å². The van der Waals surface area contributed by atoms with Crippen molar-refractivity contribution in [1.29, 1.82) is 0 Å². The molecule has 6 nitrogen and oxygen atoms in total. The number of likely N-dealkylation sites (N-methyl/N-ethyl adjacent to an activating group) is 1. The highest BCUT2D eigenvalue weighted by Crippen LogP contribution is 2.29. The molecule has 0 atom stereocenters. The first kappa shape index (κ1) is 22.6. The number of piperazine rings is 1. The minimum Gasteiger partial charge on any atom is -0.493 e. The lowest BCUT2D eigenvalue weighted by atomic mass is 10.1. The maximum atomic E-state index is 12.7. The second-order valence-electron chi connectivity index (χ2n) is 8.26. The summed E-state index contributed by atoms with van der Waals surface area (Å²) in [6.45, 7) is 10.7. The van der Waals surface area contributed by atoms with Crippen LogP contribution >= 0.6 is 11.3 Å². The summed E-state index contributed by atoms with van der Waals surface area (Å²) in [5.41, 5.74) is 3.80. The standard InChI is InChI=1S/C23H33N3O3S/c1-17-6-11-30-22(17)15-24(3)23(27)16-26-9-7-25(8-10-26)14-19-13-21(29-5)20(28-4)12-18(19)2/h6,11-13H,7-10,14-16H2,1-5H3/p+2. The van der Waals surface area contributed by atoms with Gasteiger partial charge in [0.05, 0.1) is 20.8 Å². The molecule has 1 aliphatic rings. The predicted octanol–water partition coefficient (Wildman–Crippen LogP) is 0.324. The molecule has 2 N–H and O–H groups in total. The van der Waals surface area contributed by atoms with E-state index in [0.29, 0.717) is 13.1 Å². The summed E-state index contributed by atoms with van der Waals surface area (Å²) in [4.78, 5) is 18.8. The Hall–Kier alpha value is -2.09. The van der Waals surface area contributed by atoms with Crippen molar-refractivity contribution < 1.29 is 24.1 Å². The maximum Gasteiger partial charge on any atom is 0.277 e. The number of rotatable bonds is 8. The summed E-state index contributed by atoms with van der Waals surface area (Å²) >= 11 is 1.73. The zero-order valence-electron chi connectivity index (χ0n) is 18.8. The van der Waals surface area contributed by atoms with Crippen molar-refractivity contribution in [2.24, 2.45) is 0 Å². The van der Waals surface area contributed by atoms with Crippen molar-refractivity contribution in [2.75, 3.05) is 54.0 Å². The Morgan fingerprint density at radius 1 is 1.03 bits per heavy atom. The van der Waals surface area contributed by atoms with Crippen molar-refractivity contribution in [3.8, 4) is 11.5 Å². The topological polar surface area (TPSA) is 47.7 Å². The molecule has 1 fully saturated rings. The lowest BCUT2D eigenvalue weighted by Crippen LogP contribution is -3.28. The molecule has 2 heterocycles. The van der Waals surface area contributed by atoms with E-state index in [4.69, 9.17) is 9.47 Å². The number of quaternary nitrogens is 2. The molecule has 3 rings (SSSR count). The van der Waals surface area contributed by atoms with Crippen LogP contribution in [0.25, 0.3) is 0 Å². The molecule has 1 aromatic carbocycles. The quantitative estimate of drug-likeness (QED) is 0.631. The summed E-state index contributed by atoms with van der Waals surface area (Å²) < 4.78 is 10.9. The van der Waals surface area contributed by atoms with Gasteiger partial charge < -0.3 is 24.2 Å². The van der Waals surface area contributed by atoms with Crippen molar-refractivity contribution in [3.05, 3.63) is 45.1 Å². The molecule has 0 bridgehead atoms. The number of ether oxygens (including phenoxy) is 2. The van der Waals surface area contributed by atoms with Gasteiger partial charge in [0.2, 0.25) is 0 Å². The number of thiophene rings is 1. The van der Waals surface area contributed by atoms with Gasteiger partial charge in [-0.05, 0) is 48.6 Å². The van der Waals surface area contributed by atoms with Crippen LogP contribution in [-0.4, -0.2) is 64.8 Å². The van der Waals surface area contributed by atoms with Gasteiger partial charge in [0, 0.05) is 17.5 Å². The fourth-order valence-corrected chi connectivity index (χ4v) is 4.97. The SMILES string of the molecule is COc1cc(C)c(C[NH+]2CC[NH+](CC(=O)N(C)Cc3sccc3C)CC2)cc1OC. The minimum absolute atomic E-state index is 0.233. The van der Waals surface area contributed by atoms with Gasteiger partial charge in [-0.25, -0.2) is 0 Å². The fourth-order valence-electron chi connectivity index (χ4n) is 4.01. The molecule has 1 aliphatic heterocycles. The molecule has 0 saturated carbocycles. The van der Waals surface area contributed by atoms with E-state index in [2.05, 4.69) is 37.4 Å².